The summed E-state index contributed by atoms with van der Waals surface area (Å²) in [7, 11) is 1.60. The third-order valence-electron chi connectivity index (χ3n) is 5.22. The Hall–Kier alpha value is -2.53. The summed E-state index contributed by atoms with van der Waals surface area (Å²) < 4.78 is 5.13. The molecule has 1 aliphatic rings. The van der Waals surface area contributed by atoms with Crippen molar-refractivity contribution in [3.8, 4) is 5.75 Å². The second-order valence-electron chi connectivity index (χ2n) is 7.08. The number of carbonyl (C=O) groups is 2. The van der Waals surface area contributed by atoms with Crippen LogP contribution in [0.1, 0.15) is 41.7 Å². The summed E-state index contributed by atoms with van der Waals surface area (Å²) in [6, 6.07) is 14.5. The molecule has 5 nitrogen and oxygen atoms in total. The van der Waals surface area contributed by atoms with Crippen LogP contribution in [-0.4, -0.2) is 36.9 Å². The monoisotopic (exact) mass is 400 g/mol. The normalized spacial score (nSPS) is 15.8. The van der Waals surface area contributed by atoms with E-state index in [9.17, 15) is 9.59 Å². The van der Waals surface area contributed by atoms with Crippen molar-refractivity contribution in [1.82, 2.24) is 10.2 Å². The molecule has 28 heavy (non-hydrogen) atoms. The molecule has 3 rings (SSSR count). The molecule has 2 aromatic rings. The molecule has 6 heteroatoms. The Kier molecular flexibility index (Phi) is 6.57. The van der Waals surface area contributed by atoms with Crippen LogP contribution in [0.4, 0.5) is 0 Å². The maximum atomic E-state index is 12.6. The van der Waals surface area contributed by atoms with Gasteiger partial charge in [0.2, 0.25) is 5.91 Å². The summed E-state index contributed by atoms with van der Waals surface area (Å²) in [6.45, 7) is 3.13. The number of nitrogens with zero attached hydrogens (tertiary/aromatic N) is 1. The number of piperidine rings is 1. The fourth-order valence-electron chi connectivity index (χ4n) is 3.43. The second kappa shape index (κ2) is 9.11. The number of hydrogen-bond acceptors (Lipinski definition) is 3. The summed E-state index contributed by atoms with van der Waals surface area (Å²) in [6.07, 6.45) is 1.34. The molecule has 0 aliphatic carbocycles. The van der Waals surface area contributed by atoms with Gasteiger partial charge in [0.15, 0.2) is 0 Å². The number of ether oxygens (including phenoxy) is 1. The third kappa shape index (κ3) is 4.84. The molecule has 0 radical (unpaired) electrons. The van der Waals surface area contributed by atoms with Crippen molar-refractivity contribution < 1.29 is 14.3 Å². The van der Waals surface area contributed by atoms with Crippen molar-refractivity contribution in [2.45, 2.75) is 25.8 Å². The van der Waals surface area contributed by atoms with Crippen molar-refractivity contribution in [3.63, 3.8) is 0 Å². The summed E-state index contributed by atoms with van der Waals surface area (Å²) in [5.74, 6) is 0.687. The molecule has 1 aliphatic heterocycles. The van der Waals surface area contributed by atoms with Gasteiger partial charge in [0, 0.05) is 29.6 Å². The van der Waals surface area contributed by atoms with Crippen LogP contribution in [0.3, 0.4) is 0 Å². The average Bonchev–Trinajstić information content (AvgIpc) is 2.73. The van der Waals surface area contributed by atoms with Crippen LogP contribution in [0.2, 0.25) is 5.02 Å². The van der Waals surface area contributed by atoms with Gasteiger partial charge in [-0.15, -0.1) is 0 Å². The van der Waals surface area contributed by atoms with E-state index in [1.807, 2.05) is 36.1 Å². The molecule has 1 fully saturated rings. The molecule has 0 spiro atoms. The van der Waals surface area contributed by atoms with E-state index in [1.165, 1.54) is 0 Å². The van der Waals surface area contributed by atoms with E-state index in [0.29, 0.717) is 36.5 Å². The van der Waals surface area contributed by atoms with E-state index in [-0.39, 0.29) is 23.8 Å². The maximum Gasteiger partial charge on any atom is 0.253 e. The molecular weight excluding hydrogens is 376 g/mol. The minimum absolute atomic E-state index is 0.00366. The highest BCUT2D eigenvalue weighted by Gasteiger charge is 2.28. The van der Waals surface area contributed by atoms with Gasteiger partial charge in [-0.3, -0.25) is 9.59 Å². The van der Waals surface area contributed by atoms with Crippen LogP contribution in [0.15, 0.2) is 48.5 Å². The molecule has 2 amide bonds. The molecule has 1 saturated heterocycles. The Bertz CT molecular complexity index is 813. The summed E-state index contributed by atoms with van der Waals surface area (Å²) in [4.78, 5) is 27.1. The first-order valence-corrected chi connectivity index (χ1v) is 9.85. The highest BCUT2D eigenvalue weighted by Crippen LogP contribution is 2.22. The van der Waals surface area contributed by atoms with Crippen molar-refractivity contribution in [2.75, 3.05) is 20.2 Å². The van der Waals surface area contributed by atoms with Gasteiger partial charge < -0.3 is 15.0 Å². The van der Waals surface area contributed by atoms with Gasteiger partial charge in [-0.25, -0.2) is 0 Å². The van der Waals surface area contributed by atoms with Gasteiger partial charge >= 0.3 is 0 Å². The van der Waals surface area contributed by atoms with E-state index in [0.717, 1.165) is 11.3 Å². The van der Waals surface area contributed by atoms with Gasteiger partial charge in [-0.1, -0.05) is 23.7 Å². The molecule has 0 unspecified atom stereocenters. The van der Waals surface area contributed by atoms with Gasteiger partial charge in [0.1, 0.15) is 5.75 Å². The van der Waals surface area contributed by atoms with Crippen LogP contribution in [0.25, 0.3) is 0 Å². The van der Waals surface area contributed by atoms with Crippen molar-refractivity contribution in [2.24, 2.45) is 5.92 Å². The van der Waals surface area contributed by atoms with E-state index >= 15 is 0 Å². The van der Waals surface area contributed by atoms with Gasteiger partial charge in [-0.05, 0) is 61.7 Å². The lowest BCUT2D eigenvalue weighted by atomic mass is 9.94. The smallest absolute Gasteiger partial charge is 0.253 e. The topological polar surface area (TPSA) is 58.6 Å². The second-order valence-corrected chi connectivity index (χ2v) is 7.51. The first-order valence-electron chi connectivity index (χ1n) is 9.47. The molecule has 1 atom stereocenters. The van der Waals surface area contributed by atoms with Crippen LogP contribution in [0.5, 0.6) is 5.75 Å². The Morgan fingerprint density at radius 3 is 2.25 bits per heavy atom. The van der Waals surface area contributed by atoms with Crippen LogP contribution >= 0.6 is 11.6 Å². The van der Waals surface area contributed by atoms with Gasteiger partial charge in [0.25, 0.3) is 5.91 Å². The van der Waals surface area contributed by atoms with Gasteiger partial charge in [0.05, 0.1) is 13.2 Å². The summed E-state index contributed by atoms with van der Waals surface area (Å²) >= 11 is 5.92. The fourth-order valence-corrected chi connectivity index (χ4v) is 3.55. The molecule has 148 valence electrons. The lowest BCUT2D eigenvalue weighted by molar-refractivity contribution is -0.126. The zero-order valence-corrected chi connectivity index (χ0v) is 16.9. The van der Waals surface area contributed by atoms with E-state index < -0.39 is 0 Å². The Balaban J connectivity index is 1.51. The van der Waals surface area contributed by atoms with Crippen LogP contribution in [-0.2, 0) is 4.79 Å². The number of benzene rings is 2. The number of carbonyl (C=O) groups excluding carboxylic acids is 2. The molecular formula is C22H25ClN2O3. The van der Waals surface area contributed by atoms with Crippen molar-refractivity contribution >= 4 is 23.4 Å². The summed E-state index contributed by atoms with van der Waals surface area (Å²) in [5.41, 5.74) is 1.66. The average molecular weight is 401 g/mol. The Labute approximate surface area is 170 Å². The van der Waals surface area contributed by atoms with E-state index in [1.54, 1.807) is 31.4 Å². The van der Waals surface area contributed by atoms with Crippen LogP contribution < -0.4 is 10.1 Å². The largest absolute Gasteiger partial charge is 0.497 e. The highest BCUT2D eigenvalue weighted by molar-refractivity contribution is 6.30. The number of rotatable bonds is 5. The van der Waals surface area contributed by atoms with Gasteiger partial charge in [-0.2, -0.15) is 0 Å². The number of halogens is 1. The predicted octanol–water partition coefficient (Wildman–Crippen LogP) is 4.08. The quantitative estimate of drug-likeness (QED) is 0.822. The standard InChI is InChI=1S/C22H25ClN2O3/c1-15(16-3-7-19(23)8-4-16)24-21(26)17-11-13-25(14-12-17)22(27)18-5-9-20(28-2)10-6-18/h3-10,15,17H,11-14H2,1-2H3,(H,24,26)/t15-/m1/s1. The Morgan fingerprint density at radius 2 is 1.68 bits per heavy atom. The molecule has 2 aromatic carbocycles. The number of methoxy groups -OCH3 is 1. The van der Waals surface area contributed by atoms with Crippen molar-refractivity contribution in [1.29, 1.82) is 0 Å². The molecule has 0 aromatic heterocycles. The fraction of sp³-hybridized carbons (Fsp3) is 0.364. The number of hydrogen-bond donors (Lipinski definition) is 1. The Morgan fingerprint density at radius 1 is 1.07 bits per heavy atom. The maximum absolute atomic E-state index is 12.6. The molecule has 0 bridgehead atoms. The molecule has 1 N–H and O–H groups in total. The number of likely N-dealkylation sites (tertiary alicyclic amines) is 1. The van der Waals surface area contributed by atoms with Crippen LogP contribution in [0, 0.1) is 5.92 Å². The lowest BCUT2D eigenvalue weighted by Gasteiger charge is -2.32. The lowest BCUT2D eigenvalue weighted by Crippen LogP contribution is -2.43. The zero-order valence-electron chi connectivity index (χ0n) is 16.2. The van der Waals surface area contributed by atoms with E-state index in [2.05, 4.69) is 5.32 Å². The number of amides is 2. The van der Waals surface area contributed by atoms with Crippen molar-refractivity contribution in [3.05, 3.63) is 64.7 Å². The number of nitrogens with one attached hydrogen (secondary N) is 1. The SMILES string of the molecule is COc1ccc(C(=O)N2CCC(C(=O)N[C@H](C)c3ccc(Cl)cc3)CC2)cc1. The first kappa shape index (κ1) is 20.2. The minimum atomic E-state index is -0.0799. The van der Waals surface area contributed by atoms with E-state index in [4.69, 9.17) is 16.3 Å². The zero-order chi connectivity index (χ0) is 20.1. The summed E-state index contributed by atoms with van der Waals surface area (Å²) in [5, 5.41) is 3.75. The first-order chi connectivity index (χ1) is 13.5. The third-order valence-corrected chi connectivity index (χ3v) is 5.47. The molecule has 0 saturated carbocycles. The predicted molar refractivity (Wildman–Crippen MR) is 110 cm³/mol. The molecule has 1 heterocycles. The minimum Gasteiger partial charge on any atom is -0.497 e. The highest BCUT2D eigenvalue weighted by atomic mass is 35.5.